The molecule has 1 saturated heterocycles. The van der Waals surface area contributed by atoms with Crippen molar-refractivity contribution in [1.82, 2.24) is 14.9 Å². The summed E-state index contributed by atoms with van der Waals surface area (Å²) in [5.41, 5.74) is 4.90. The topological polar surface area (TPSA) is 61.4 Å². The van der Waals surface area contributed by atoms with E-state index >= 15 is 0 Å². The van der Waals surface area contributed by atoms with Crippen LogP contribution in [0.1, 0.15) is 43.0 Å². The van der Waals surface area contributed by atoms with Crippen LogP contribution in [0.3, 0.4) is 0 Å². The second-order valence-corrected chi connectivity index (χ2v) is 9.34. The van der Waals surface area contributed by atoms with Crippen LogP contribution in [-0.4, -0.2) is 54.0 Å². The molecule has 34 heavy (non-hydrogen) atoms. The van der Waals surface area contributed by atoms with Crippen LogP contribution in [0.2, 0.25) is 0 Å². The smallest absolute Gasteiger partial charge is 0.248 e. The minimum Gasteiger partial charge on any atom is -0.341 e. The van der Waals surface area contributed by atoms with Gasteiger partial charge in [0.15, 0.2) is 0 Å². The zero-order valence-electron chi connectivity index (χ0n) is 20.7. The molecule has 1 aliphatic rings. The summed E-state index contributed by atoms with van der Waals surface area (Å²) in [5.74, 6) is 0.641. The fourth-order valence-electron chi connectivity index (χ4n) is 4.51. The van der Waals surface area contributed by atoms with Gasteiger partial charge in [-0.15, -0.1) is 0 Å². The molecule has 2 aromatic carbocycles. The third-order valence-corrected chi connectivity index (χ3v) is 6.57. The molecule has 1 amide bonds. The lowest BCUT2D eigenvalue weighted by Crippen LogP contribution is -2.42. The summed E-state index contributed by atoms with van der Waals surface area (Å²) < 4.78 is 0. The lowest BCUT2D eigenvalue weighted by Gasteiger charge is -2.35. The van der Waals surface area contributed by atoms with E-state index in [1.54, 1.807) is 6.08 Å². The highest BCUT2D eigenvalue weighted by molar-refractivity contribution is 6.03. The molecule has 1 aromatic heterocycles. The summed E-state index contributed by atoms with van der Waals surface area (Å²) in [6.45, 7) is 6.12. The fourth-order valence-corrected chi connectivity index (χ4v) is 4.51. The van der Waals surface area contributed by atoms with Gasteiger partial charge in [-0.3, -0.25) is 4.79 Å². The maximum absolute atomic E-state index is 12.5. The van der Waals surface area contributed by atoms with Crippen LogP contribution in [0.15, 0.2) is 48.5 Å². The number of fused-ring (bicyclic) bond motifs is 1. The van der Waals surface area contributed by atoms with Gasteiger partial charge in [-0.25, -0.2) is 9.97 Å². The number of rotatable bonds is 7. The van der Waals surface area contributed by atoms with Crippen molar-refractivity contribution >= 4 is 34.5 Å². The van der Waals surface area contributed by atoms with Gasteiger partial charge in [0.1, 0.15) is 0 Å². The first kappa shape index (κ1) is 23.9. The van der Waals surface area contributed by atoms with Crippen molar-refractivity contribution in [2.45, 2.75) is 45.6 Å². The predicted molar refractivity (Wildman–Crippen MR) is 141 cm³/mol. The number of nitrogens with one attached hydrogen (secondary N) is 1. The van der Waals surface area contributed by atoms with Gasteiger partial charge in [0, 0.05) is 36.3 Å². The summed E-state index contributed by atoms with van der Waals surface area (Å²) in [7, 11) is 4.29. The maximum atomic E-state index is 12.5. The number of piperidine rings is 1. The summed E-state index contributed by atoms with van der Waals surface area (Å²) in [5, 5.41) is 3.92. The van der Waals surface area contributed by atoms with E-state index in [-0.39, 0.29) is 5.91 Å². The quantitative estimate of drug-likeness (QED) is 0.502. The van der Waals surface area contributed by atoms with Crippen molar-refractivity contribution in [3.05, 3.63) is 65.4 Å². The first-order chi connectivity index (χ1) is 16.4. The number of carbonyl (C=O) groups is 1. The van der Waals surface area contributed by atoms with Crippen LogP contribution < -0.4 is 10.2 Å². The normalized spacial score (nSPS) is 14.9. The van der Waals surface area contributed by atoms with E-state index in [0.29, 0.717) is 6.04 Å². The molecular weight excluding hydrogens is 422 g/mol. The average Bonchev–Trinajstić information content (AvgIpc) is 2.84. The number of amides is 1. The fraction of sp³-hybridized carbons (Fsp3) is 0.393. The Morgan fingerprint density at radius 3 is 2.53 bits per heavy atom. The SMILES string of the molecule is CCCc1ccc(C=CC(=O)Nc2ccc3nc(N4CCC(N(C)C)CC4)nc(C)c3c2)cc1. The van der Waals surface area contributed by atoms with Gasteiger partial charge in [0.05, 0.1) is 11.2 Å². The summed E-state index contributed by atoms with van der Waals surface area (Å²) >= 11 is 0. The number of carbonyl (C=O) groups excluding carboxylic acids is 1. The van der Waals surface area contributed by atoms with Crippen LogP contribution in [0.4, 0.5) is 11.6 Å². The highest BCUT2D eigenvalue weighted by Gasteiger charge is 2.22. The molecule has 4 rings (SSSR count). The van der Waals surface area contributed by atoms with Crippen LogP contribution in [0, 0.1) is 6.92 Å². The summed E-state index contributed by atoms with van der Waals surface area (Å²) in [6.07, 6.45) is 7.86. The molecule has 0 atom stereocenters. The van der Waals surface area contributed by atoms with E-state index in [1.807, 2.05) is 43.3 Å². The lowest BCUT2D eigenvalue weighted by atomic mass is 10.0. The lowest BCUT2D eigenvalue weighted by molar-refractivity contribution is -0.111. The average molecular weight is 458 g/mol. The van der Waals surface area contributed by atoms with Crippen molar-refractivity contribution in [1.29, 1.82) is 0 Å². The minimum absolute atomic E-state index is 0.157. The first-order valence-corrected chi connectivity index (χ1v) is 12.2. The predicted octanol–water partition coefficient (Wildman–Crippen LogP) is 5.07. The number of aryl methyl sites for hydroxylation is 2. The second kappa shape index (κ2) is 10.8. The number of anilines is 2. The third-order valence-electron chi connectivity index (χ3n) is 6.57. The number of hydrogen-bond donors (Lipinski definition) is 1. The summed E-state index contributed by atoms with van der Waals surface area (Å²) in [6, 6.07) is 14.8. The van der Waals surface area contributed by atoms with E-state index in [0.717, 1.165) is 72.6 Å². The molecule has 0 unspecified atom stereocenters. The molecule has 3 aromatic rings. The number of benzene rings is 2. The third kappa shape index (κ3) is 5.81. The van der Waals surface area contributed by atoms with Crippen LogP contribution >= 0.6 is 0 Å². The zero-order chi connectivity index (χ0) is 24.1. The van der Waals surface area contributed by atoms with E-state index in [1.165, 1.54) is 5.56 Å². The molecule has 1 fully saturated rings. The number of nitrogens with zero attached hydrogens (tertiary/aromatic N) is 4. The molecule has 0 radical (unpaired) electrons. The number of aromatic nitrogens is 2. The Bertz CT molecular complexity index is 1160. The Balaban J connectivity index is 1.42. The molecule has 0 saturated carbocycles. The molecular formula is C28H35N5O. The molecule has 2 heterocycles. The maximum Gasteiger partial charge on any atom is 0.248 e. The van der Waals surface area contributed by atoms with Gasteiger partial charge in [0.25, 0.3) is 0 Å². The Labute approximate surface area is 202 Å². The van der Waals surface area contributed by atoms with Crippen LogP contribution in [0.25, 0.3) is 17.0 Å². The Morgan fingerprint density at radius 1 is 1.12 bits per heavy atom. The van der Waals surface area contributed by atoms with Crippen molar-refractivity contribution in [3.8, 4) is 0 Å². The molecule has 1 aliphatic heterocycles. The highest BCUT2D eigenvalue weighted by Crippen LogP contribution is 2.25. The Hall–Kier alpha value is -3.25. The van der Waals surface area contributed by atoms with Gasteiger partial charge in [-0.2, -0.15) is 0 Å². The van der Waals surface area contributed by atoms with Gasteiger partial charge in [-0.05, 0) is 75.7 Å². The van der Waals surface area contributed by atoms with E-state index in [2.05, 4.69) is 48.3 Å². The monoisotopic (exact) mass is 457 g/mol. The Kier molecular flexibility index (Phi) is 7.58. The van der Waals surface area contributed by atoms with Crippen molar-refractivity contribution in [2.24, 2.45) is 0 Å². The summed E-state index contributed by atoms with van der Waals surface area (Å²) in [4.78, 5) is 26.7. The van der Waals surface area contributed by atoms with Gasteiger partial charge in [0.2, 0.25) is 11.9 Å². The molecule has 6 nitrogen and oxygen atoms in total. The highest BCUT2D eigenvalue weighted by atomic mass is 16.1. The second-order valence-electron chi connectivity index (χ2n) is 9.34. The Morgan fingerprint density at radius 2 is 1.85 bits per heavy atom. The number of hydrogen-bond acceptors (Lipinski definition) is 5. The van der Waals surface area contributed by atoms with E-state index < -0.39 is 0 Å². The molecule has 178 valence electrons. The molecule has 6 heteroatoms. The van der Waals surface area contributed by atoms with E-state index in [4.69, 9.17) is 9.97 Å². The first-order valence-electron chi connectivity index (χ1n) is 12.2. The minimum atomic E-state index is -0.157. The zero-order valence-corrected chi connectivity index (χ0v) is 20.7. The molecule has 1 N–H and O–H groups in total. The standard InChI is InChI=1S/C28H35N5O/c1-5-6-21-7-9-22(10-8-21)11-14-27(34)30-23-12-13-26-25(19-23)20(2)29-28(31-26)33-17-15-24(16-18-33)32(3)4/h7-14,19,24H,5-6,15-18H2,1-4H3,(H,30,34). The van der Waals surface area contributed by atoms with Crippen LogP contribution in [-0.2, 0) is 11.2 Å². The van der Waals surface area contributed by atoms with Gasteiger partial charge >= 0.3 is 0 Å². The van der Waals surface area contributed by atoms with Gasteiger partial charge < -0.3 is 15.1 Å². The van der Waals surface area contributed by atoms with Gasteiger partial charge in [-0.1, -0.05) is 37.6 Å². The largest absolute Gasteiger partial charge is 0.341 e. The molecule has 0 bridgehead atoms. The molecule has 0 aliphatic carbocycles. The van der Waals surface area contributed by atoms with E-state index in [9.17, 15) is 4.79 Å². The molecule has 0 spiro atoms. The van der Waals surface area contributed by atoms with Crippen molar-refractivity contribution in [2.75, 3.05) is 37.4 Å². The van der Waals surface area contributed by atoms with Crippen molar-refractivity contribution in [3.63, 3.8) is 0 Å². The van der Waals surface area contributed by atoms with Crippen molar-refractivity contribution < 1.29 is 4.79 Å². The van der Waals surface area contributed by atoms with Crippen LogP contribution in [0.5, 0.6) is 0 Å².